The number of ether oxygens (including phenoxy) is 1. The number of hydrogen-bond acceptors (Lipinski definition) is 4. The molecule has 1 aliphatic rings. The third-order valence-corrected chi connectivity index (χ3v) is 4.78. The molecule has 0 unspecified atom stereocenters. The summed E-state index contributed by atoms with van der Waals surface area (Å²) in [6.45, 7) is 6.08. The Bertz CT molecular complexity index is 428. The van der Waals surface area contributed by atoms with Crippen molar-refractivity contribution in [3.8, 4) is 0 Å². The summed E-state index contributed by atoms with van der Waals surface area (Å²) >= 11 is 0. The Hall–Kier alpha value is -0.940. The standard InChI is InChI=1S/C19H32N2O2/c1-20(2)16-19(17-22)9-12-21(13-10-19)11-6-14-23-15-18-7-4-3-5-8-18/h3-5,7-8,22H,6,9-17H2,1-2H3. The van der Waals surface area contributed by atoms with Crippen molar-refractivity contribution >= 4 is 0 Å². The van der Waals surface area contributed by atoms with Crippen molar-refractivity contribution in [2.45, 2.75) is 25.9 Å². The van der Waals surface area contributed by atoms with Crippen molar-refractivity contribution in [3.63, 3.8) is 0 Å². The maximum absolute atomic E-state index is 9.77. The van der Waals surface area contributed by atoms with Gasteiger partial charge >= 0.3 is 0 Å². The molecule has 1 aromatic rings. The highest BCUT2D eigenvalue weighted by Gasteiger charge is 2.34. The van der Waals surface area contributed by atoms with Gasteiger partial charge < -0.3 is 19.6 Å². The molecule has 0 atom stereocenters. The molecule has 1 fully saturated rings. The third kappa shape index (κ3) is 6.22. The predicted molar refractivity (Wildman–Crippen MR) is 94.5 cm³/mol. The molecule has 0 aromatic heterocycles. The quantitative estimate of drug-likeness (QED) is 0.708. The Morgan fingerprint density at radius 2 is 1.87 bits per heavy atom. The van der Waals surface area contributed by atoms with Gasteiger partial charge in [0, 0.05) is 25.1 Å². The molecule has 23 heavy (non-hydrogen) atoms. The van der Waals surface area contributed by atoms with Crippen LogP contribution in [-0.4, -0.2) is 68.4 Å². The number of benzene rings is 1. The SMILES string of the molecule is CN(C)CC1(CO)CCN(CCCOCc2ccccc2)CC1. The van der Waals surface area contributed by atoms with E-state index in [1.165, 1.54) is 5.56 Å². The van der Waals surface area contributed by atoms with Crippen LogP contribution < -0.4 is 0 Å². The highest BCUT2D eigenvalue weighted by Crippen LogP contribution is 2.31. The van der Waals surface area contributed by atoms with E-state index >= 15 is 0 Å². The lowest BCUT2D eigenvalue weighted by molar-refractivity contribution is 0.0205. The minimum atomic E-state index is 0.101. The highest BCUT2D eigenvalue weighted by atomic mass is 16.5. The molecule has 0 saturated carbocycles. The van der Waals surface area contributed by atoms with Gasteiger partial charge in [-0.2, -0.15) is 0 Å². The lowest BCUT2D eigenvalue weighted by atomic mass is 9.78. The van der Waals surface area contributed by atoms with Gasteiger partial charge in [0.05, 0.1) is 13.2 Å². The van der Waals surface area contributed by atoms with Crippen LogP contribution in [0.5, 0.6) is 0 Å². The van der Waals surface area contributed by atoms with Crippen molar-refractivity contribution in [2.24, 2.45) is 5.41 Å². The fourth-order valence-electron chi connectivity index (χ4n) is 3.44. The largest absolute Gasteiger partial charge is 0.396 e. The highest BCUT2D eigenvalue weighted by molar-refractivity contribution is 5.13. The lowest BCUT2D eigenvalue weighted by Crippen LogP contribution is -2.47. The molecule has 0 aliphatic carbocycles. The van der Waals surface area contributed by atoms with Crippen LogP contribution in [0.3, 0.4) is 0 Å². The van der Waals surface area contributed by atoms with E-state index in [-0.39, 0.29) is 5.41 Å². The van der Waals surface area contributed by atoms with Crippen LogP contribution in [0.1, 0.15) is 24.8 Å². The second-order valence-electron chi connectivity index (χ2n) is 7.13. The second-order valence-corrected chi connectivity index (χ2v) is 7.13. The Morgan fingerprint density at radius 1 is 1.17 bits per heavy atom. The van der Waals surface area contributed by atoms with Crippen LogP contribution in [0.2, 0.25) is 0 Å². The number of likely N-dealkylation sites (tertiary alicyclic amines) is 1. The molecule has 130 valence electrons. The summed E-state index contributed by atoms with van der Waals surface area (Å²) in [4.78, 5) is 4.71. The minimum absolute atomic E-state index is 0.101. The molecule has 1 heterocycles. The fraction of sp³-hybridized carbons (Fsp3) is 0.684. The Labute approximate surface area is 141 Å². The maximum Gasteiger partial charge on any atom is 0.0716 e. The van der Waals surface area contributed by atoms with E-state index < -0.39 is 0 Å². The number of hydrogen-bond donors (Lipinski definition) is 1. The van der Waals surface area contributed by atoms with Crippen molar-refractivity contribution in [2.75, 3.05) is 53.5 Å². The van der Waals surface area contributed by atoms with E-state index in [2.05, 4.69) is 36.0 Å². The summed E-state index contributed by atoms with van der Waals surface area (Å²) in [6, 6.07) is 10.3. The van der Waals surface area contributed by atoms with Gasteiger partial charge in [-0.05, 0) is 52.0 Å². The summed E-state index contributed by atoms with van der Waals surface area (Å²) in [6.07, 6.45) is 3.26. The molecule has 1 saturated heterocycles. The fourth-order valence-corrected chi connectivity index (χ4v) is 3.44. The molecule has 0 radical (unpaired) electrons. The summed E-state index contributed by atoms with van der Waals surface area (Å²) in [5.74, 6) is 0. The summed E-state index contributed by atoms with van der Waals surface area (Å²) < 4.78 is 5.75. The second kappa shape index (κ2) is 9.38. The van der Waals surface area contributed by atoms with Crippen LogP contribution >= 0.6 is 0 Å². The molecule has 4 heteroatoms. The molecule has 4 nitrogen and oxygen atoms in total. The van der Waals surface area contributed by atoms with Gasteiger partial charge in [0.15, 0.2) is 0 Å². The minimum Gasteiger partial charge on any atom is -0.396 e. The lowest BCUT2D eigenvalue weighted by Gasteiger charge is -2.42. The van der Waals surface area contributed by atoms with Gasteiger partial charge in [0.2, 0.25) is 0 Å². The molecule has 0 spiro atoms. The van der Waals surface area contributed by atoms with E-state index in [0.717, 1.165) is 52.0 Å². The van der Waals surface area contributed by atoms with E-state index in [4.69, 9.17) is 4.74 Å². The third-order valence-electron chi connectivity index (χ3n) is 4.78. The van der Waals surface area contributed by atoms with E-state index in [0.29, 0.717) is 13.2 Å². The average Bonchev–Trinajstić information content (AvgIpc) is 2.56. The molecule has 1 aromatic carbocycles. The Kier molecular flexibility index (Phi) is 7.50. The topological polar surface area (TPSA) is 35.9 Å². The molecule has 1 aliphatic heterocycles. The van der Waals surface area contributed by atoms with E-state index in [9.17, 15) is 5.11 Å². The first kappa shape index (κ1) is 18.4. The summed E-state index contributed by atoms with van der Waals surface area (Å²) in [5, 5.41) is 9.77. The normalized spacial score (nSPS) is 18.4. The number of rotatable bonds is 9. The Morgan fingerprint density at radius 3 is 2.48 bits per heavy atom. The van der Waals surface area contributed by atoms with Gasteiger partial charge in [-0.3, -0.25) is 0 Å². The Balaban J connectivity index is 1.59. The number of piperidine rings is 1. The molecule has 0 bridgehead atoms. The van der Waals surface area contributed by atoms with E-state index in [1.807, 2.05) is 18.2 Å². The first-order valence-electron chi connectivity index (χ1n) is 8.73. The van der Waals surface area contributed by atoms with Crippen LogP contribution in [0.4, 0.5) is 0 Å². The van der Waals surface area contributed by atoms with Crippen molar-refractivity contribution < 1.29 is 9.84 Å². The van der Waals surface area contributed by atoms with Crippen LogP contribution in [-0.2, 0) is 11.3 Å². The van der Waals surface area contributed by atoms with Crippen LogP contribution in [0.25, 0.3) is 0 Å². The summed E-state index contributed by atoms with van der Waals surface area (Å²) in [7, 11) is 4.18. The number of nitrogens with zero attached hydrogens (tertiary/aromatic N) is 2. The van der Waals surface area contributed by atoms with Crippen molar-refractivity contribution in [3.05, 3.63) is 35.9 Å². The van der Waals surface area contributed by atoms with E-state index in [1.54, 1.807) is 0 Å². The van der Waals surface area contributed by atoms with Crippen molar-refractivity contribution in [1.29, 1.82) is 0 Å². The van der Waals surface area contributed by atoms with Crippen molar-refractivity contribution in [1.82, 2.24) is 9.80 Å². The van der Waals surface area contributed by atoms with Gasteiger partial charge in [-0.15, -0.1) is 0 Å². The van der Waals surface area contributed by atoms with Crippen LogP contribution in [0, 0.1) is 5.41 Å². The molecule has 2 rings (SSSR count). The molecular weight excluding hydrogens is 288 g/mol. The van der Waals surface area contributed by atoms with Crippen LogP contribution in [0.15, 0.2) is 30.3 Å². The zero-order valence-corrected chi connectivity index (χ0v) is 14.7. The molecule has 0 amide bonds. The van der Waals surface area contributed by atoms with Gasteiger partial charge in [0.1, 0.15) is 0 Å². The first-order valence-corrected chi connectivity index (χ1v) is 8.73. The molecular formula is C19H32N2O2. The van der Waals surface area contributed by atoms with Gasteiger partial charge in [-0.1, -0.05) is 30.3 Å². The first-order chi connectivity index (χ1) is 11.1. The zero-order chi connectivity index (χ0) is 16.5. The predicted octanol–water partition coefficient (Wildman–Crippen LogP) is 2.23. The zero-order valence-electron chi connectivity index (χ0n) is 14.7. The van der Waals surface area contributed by atoms with Gasteiger partial charge in [-0.25, -0.2) is 0 Å². The smallest absolute Gasteiger partial charge is 0.0716 e. The van der Waals surface area contributed by atoms with Gasteiger partial charge in [0.25, 0.3) is 0 Å². The maximum atomic E-state index is 9.77. The number of aliphatic hydroxyl groups is 1. The summed E-state index contributed by atoms with van der Waals surface area (Å²) in [5.41, 5.74) is 1.34. The molecule has 1 N–H and O–H groups in total. The number of aliphatic hydroxyl groups excluding tert-OH is 1. The monoisotopic (exact) mass is 320 g/mol. The average molecular weight is 320 g/mol.